The molecule has 3 rings (SSSR count). The zero-order valence-corrected chi connectivity index (χ0v) is 21.7. The standard InChI is InChI=1S/C21H34N4O3S.C2HF3O2/c1-4-23-11-5-6-19(23)15-25(16-21(26)24-12-9-22-10-13-24)29(27,28)20-8-7-17(2)14-18(20)3;3-2(4,5)1(6)7/h7-8,14,19,22H,4-6,9-13,15-16H2,1-3H3;(H,6,7). The highest BCUT2D eigenvalue weighted by Gasteiger charge is 2.38. The van der Waals surface area contributed by atoms with Crippen LogP contribution in [0.1, 0.15) is 30.9 Å². The Labute approximate surface area is 210 Å². The Bertz CT molecular complexity index is 1010. The van der Waals surface area contributed by atoms with E-state index in [1.807, 2.05) is 26.0 Å². The number of carbonyl (C=O) groups excluding carboxylic acids is 1. The molecule has 2 aliphatic heterocycles. The molecule has 0 aliphatic carbocycles. The Morgan fingerprint density at radius 1 is 1.17 bits per heavy atom. The topological polar surface area (TPSA) is 110 Å². The van der Waals surface area contributed by atoms with E-state index in [1.54, 1.807) is 11.0 Å². The van der Waals surface area contributed by atoms with Gasteiger partial charge in [-0.25, -0.2) is 13.2 Å². The van der Waals surface area contributed by atoms with Crippen LogP contribution in [0.25, 0.3) is 0 Å². The second-order valence-electron chi connectivity index (χ2n) is 8.92. The summed E-state index contributed by atoms with van der Waals surface area (Å²) in [5.41, 5.74) is 1.75. The molecule has 36 heavy (non-hydrogen) atoms. The number of hydrogen-bond donors (Lipinski definition) is 2. The van der Waals surface area contributed by atoms with Gasteiger partial charge in [-0.2, -0.15) is 17.5 Å². The summed E-state index contributed by atoms with van der Waals surface area (Å²) in [5, 5.41) is 10.4. The van der Waals surface area contributed by atoms with Crippen molar-refractivity contribution in [3.8, 4) is 0 Å². The Kier molecular flexibility index (Phi) is 10.7. The van der Waals surface area contributed by atoms with Crippen molar-refractivity contribution in [3.05, 3.63) is 29.3 Å². The van der Waals surface area contributed by atoms with Crippen LogP contribution in [0.15, 0.2) is 23.1 Å². The smallest absolute Gasteiger partial charge is 0.475 e. The first kappa shape index (κ1) is 30.0. The van der Waals surface area contributed by atoms with Crippen molar-refractivity contribution in [2.24, 2.45) is 0 Å². The van der Waals surface area contributed by atoms with Crippen molar-refractivity contribution < 1.29 is 36.3 Å². The summed E-state index contributed by atoms with van der Waals surface area (Å²) in [5.74, 6) is -2.87. The molecule has 2 saturated heterocycles. The number of aliphatic carboxylic acids is 1. The summed E-state index contributed by atoms with van der Waals surface area (Å²) in [4.78, 5) is 26.2. The first-order chi connectivity index (χ1) is 16.8. The van der Waals surface area contributed by atoms with E-state index in [2.05, 4.69) is 17.1 Å². The van der Waals surface area contributed by atoms with Crippen LogP contribution in [-0.2, 0) is 19.6 Å². The maximum absolute atomic E-state index is 13.6. The Hall–Kier alpha value is -2.22. The molecule has 13 heteroatoms. The van der Waals surface area contributed by atoms with E-state index in [-0.39, 0.29) is 18.5 Å². The molecule has 1 unspecified atom stereocenters. The molecule has 2 heterocycles. The number of nitrogens with one attached hydrogen (secondary N) is 1. The summed E-state index contributed by atoms with van der Waals surface area (Å²) in [6, 6.07) is 5.55. The molecular formula is C23H35F3N4O5S. The van der Waals surface area contributed by atoms with Crippen LogP contribution in [0.4, 0.5) is 13.2 Å². The number of likely N-dealkylation sites (tertiary alicyclic amines) is 1. The third-order valence-corrected chi connectivity index (χ3v) is 8.26. The number of halogens is 3. The number of benzene rings is 1. The SMILES string of the molecule is CCN1CCCC1CN(CC(=O)N1CCNCC1)S(=O)(=O)c1ccc(C)cc1C.O=C(O)C(F)(F)F. The van der Waals surface area contributed by atoms with Crippen molar-refractivity contribution in [3.63, 3.8) is 0 Å². The highest BCUT2D eigenvalue weighted by molar-refractivity contribution is 7.89. The minimum Gasteiger partial charge on any atom is -0.475 e. The second kappa shape index (κ2) is 12.8. The lowest BCUT2D eigenvalue weighted by Crippen LogP contribution is -2.52. The van der Waals surface area contributed by atoms with Crippen molar-refractivity contribution in [2.45, 2.75) is 50.7 Å². The molecular weight excluding hydrogens is 501 g/mol. The minimum atomic E-state index is -5.08. The molecule has 0 bridgehead atoms. The van der Waals surface area contributed by atoms with Gasteiger partial charge in [0.05, 0.1) is 11.4 Å². The average Bonchev–Trinajstić information content (AvgIpc) is 3.26. The number of rotatable bonds is 7. The molecule has 9 nitrogen and oxygen atoms in total. The number of carboxylic acids is 1. The van der Waals surface area contributed by atoms with Gasteiger partial charge in [-0.3, -0.25) is 9.69 Å². The van der Waals surface area contributed by atoms with Crippen LogP contribution in [0.5, 0.6) is 0 Å². The summed E-state index contributed by atoms with van der Waals surface area (Å²) in [6.45, 7) is 10.8. The fraction of sp³-hybridized carbons (Fsp3) is 0.652. The number of carbonyl (C=O) groups is 2. The lowest BCUT2D eigenvalue weighted by Gasteiger charge is -2.33. The molecule has 0 spiro atoms. The van der Waals surface area contributed by atoms with Gasteiger partial charge in [0.25, 0.3) is 0 Å². The first-order valence-electron chi connectivity index (χ1n) is 11.9. The van der Waals surface area contributed by atoms with Gasteiger partial charge >= 0.3 is 12.1 Å². The van der Waals surface area contributed by atoms with Crippen molar-refractivity contribution >= 4 is 21.9 Å². The highest BCUT2D eigenvalue weighted by Crippen LogP contribution is 2.25. The zero-order valence-electron chi connectivity index (χ0n) is 20.8. The molecule has 0 saturated carbocycles. The lowest BCUT2D eigenvalue weighted by molar-refractivity contribution is -0.192. The van der Waals surface area contributed by atoms with Crippen molar-refractivity contribution in [2.75, 3.05) is 52.4 Å². The van der Waals surface area contributed by atoms with Crippen LogP contribution in [-0.4, -0.2) is 104 Å². The van der Waals surface area contributed by atoms with E-state index in [9.17, 15) is 26.4 Å². The van der Waals surface area contributed by atoms with Gasteiger partial charge in [-0.15, -0.1) is 0 Å². The first-order valence-corrected chi connectivity index (χ1v) is 13.3. The molecule has 0 aromatic heterocycles. The monoisotopic (exact) mass is 536 g/mol. The zero-order chi connectivity index (χ0) is 27.1. The maximum atomic E-state index is 13.6. The second-order valence-corrected chi connectivity index (χ2v) is 10.8. The Balaban J connectivity index is 0.000000572. The number of aryl methyl sites for hydroxylation is 2. The van der Waals surface area contributed by atoms with Gasteiger partial charge in [0, 0.05) is 38.8 Å². The van der Waals surface area contributed by atoms with Crippen LogP contribution >= 0.6 is 0 Å². The highest BCUT2D eigenvalue weighted by atomic mass is 32.2. The predicted molar refractivity (Wildman–Crippen MR) is 128 cm³/mol. The Morgan fingerprint density at radius 2 is 1.78 bits per heavy atom. The maximum Gasteiger partial charge on any atom is 0.490 e. The van der Waals surface area contributed by atoms with E-state index in [0.29, 0.717) is 24.5 Å². The minimum absolute atomic E-state index is 0.0935. The molecule has 1 atom stereocenters. The number of alkyl halides is 3. The lowest BCUT2D eigenvalue weighted by atomic mass is 10.2. The Morgan fingerprint density at radius 3 is 2.31 bits per heavy atom. The van der Waals surface area contributed by atoms with Crippen molar-refractivity contribution in [1.82, 2.24) is 19.4 Å². The van der Waals surface area contributed by atoms with Crippen LogP contribution in [0.3, 0.4) is 0 Å². The molecule has 2 aliphatic rings. The summed E-state index contributed by atoms with van der Waals surface area (Å²) in [6.07, 6.45) is -3.05. The summed E-state index contributed by atoms with van der Waals surface area (Å²) in [7, 11) is -3.76. The normalized spacial score (nSPS) is 19.2. The van der Waals surface area contributed by atoms with E-state index in [4.69, 9.17) is 9.90 Å². The number of carboxylic acid groups (broad SMARTS) is 1. The van der Waals surface area contributed by atoms with E-state index >= 15 is 0 Å². The van der Waals surface area contributed by atoms with Gasteiger partial charge in [-0.1, -0.05) is 24.6 Å². The van der Waals surface area contributed by atoms with Gasteiger partial charge < -0.3 is 15.3 Å². The van der Waals surface area contributed by atoms with E-state index in [1.165, 1.54) is 4.31 Å². The van der Waals surface area contributed by atoms with Crippen LogP contribution < -0.4 is 5.32 Å². The molecule has 0 radical (unpaired) electrons. The number of sulfonamides is 1. The van der Waals surface area contributed by atoms with Gasteiger partial charge in [-0.05, 0) is 51.4 Å². The molecule has 1 aromatic carbocycles. The largest absolute Gasteiger partial charge is 0.490 e. The van der Waals surface area contributed by atoms with Crippen LogP contribution in [0.2, 0.25) is 0 Å². The van der Waals surface area contributed by atoms with Crippen LogP contribution in [0, 0.1) is 13.8 Å². The van der Waals surface area contributed by atoms with Gasteiger partial charge in [0.1, 0.15) is 0 Å². The summed E-state index contributed by atoms with van der Waals surface area (Å²) < 4.78 is 60.3. The molecule has 2 N–H and O–H groups in total. The molecule has 2 fully saturated rings. The predicted octanol–water partition coefficient (Wildman–Crippen LogP) is 1.84. The molecule has 1 aromatic rings. The average molecular weight is 537 g/mol. The van der Waals surface area contributed by atoms with E-state index < -0.39 is 22.2 Å². The summed E-state index contributed by atoms with van der Waals surface area (Å²) >= 11 is 0. The number of piperazine rings is 1. The number of nitrogens with zero attached hydrogens (tertiary/aromatic N) is 3. The third-order valence-electron chi connectivity index (χ3n) is 6.29. The van der Waals surface area contributed by atoms with Gasteiger partial charge in [0.2, 0.25) is 15.9 Å². The number of amides is 1. The molecule has 204 valence electrons. The van der Waals surface area contributed by atoms with Gasteiger partial charge in [0.15, 0.2) is 0 Å². The van der Waals surface area contributed by atoms with Crippen molar-refractivity contribution in [1.29, 1.82) is 0 Å². The third kappa shape index (κ3) is 8.15. The molecule has 1 amide bonds. The number of likely N-dealkylation sites (N-methyl/N-ethyl adjacent to an activating group) is 1. The van der Waals surface area contributed by atoms with E-state index in [0.717, 1.165) is 50.1 Å². The number of hydrogen-bond acceptors (Lipinski definition) is 6. The fourth-order valence-corrected chi connectivity index (χ4v) is 6.03. The fourth-order valence-electron chi connectivity index (χ4n) is 4.39. The quantitative estimate of drug-likeness (QED) is 0.547.